The molecule has 1 aromatic heterocycles. The number of aryl methyl sites for hydroxylation is 1. The molecule has 0 N–H and O–H groups in total. The first-order valence-electron chi connectivity index (χ1n) is 3.25. The third kappa shape index (κ3) is 2.04. The number of carbonyl (C=O) groups is 2. The van der Waals surface area contributed by atoms with Gasteiger partial charge in [0.05, 0.1) is 6.42 Å². The van der Waals surface area contributed by atoms with Crippen molar-refractivity contribution in [3.8, 4) is 0 Å². The standard InChI is InChI=1S/C8H8O3/c1-6-2-3-8(11-6)4-7(10)5-9/h2-3,5H,4H2,1H3. The number of ketones is 1. The fourth-order valence-electron chi connectivity index (χ4n) is 0.794. The molecule has 58 valence electrons. The zero-order valence-corrected chi connectivity index (χ0v) is 6.16. The Morgan fingerprint density at radius 1 is 1.64 bits per heavy atom. The van der Waals surface area contributed by atoms with E-state index in [4.69, 9.17) is 4.42 Å². The molecule has 0 spiro atoms. The molecule has 11 heavy (non-hydrogen) atoms. The second kappa shape index (κ2) is 3.14. The maximum atomic E-state index is 10.6. The summed E-state index contributed by atoms with van der Waals surface area (Å²) >= 11 is 0. The van der Waals surface area contributed by atoms with Crippen molar-refractivity contribution >= 4 is 12.1 Å². The first kappa shape index (κ1) is 7.72. The lowest BCUT2D eigenvalue weighted by Crippen LogP contribution is -2.01. The summed E-state index contributed by atoms with van der Waals surface area (Å²) < 4.78 is 5.08. The predicted octanol–water partition coefficient (Wildman–Crippen LogP) is 0.899. The molecule has 0 atom stereocenters. The van der Waals surface area contributed by atoms with Gasteiger partial charge < -0.3 is 4.42 Å². The normalized spacial score (nSPS) is 9.55. The SMILES string of the molecule is Cc1ccc(CC(=O)C=O)o1. The third-order valence-electron chi connectivity index (χ3n) is 1.28. The van der Waals surface area contributed by atoms with Gasteiger partial charge in [-0.1, -0.05) is 0 Å². The molecule has 0 saturated heterocycles. The monoisotopic (exact) mass is 152 g/mol. The van der Waals surface area contributed by atoms with Crippen LogP contribution < -0.4 is 0 Å². The molecular weight excluding hydrogens is 144 g/mol. The Hall–Kier alpha value is -1.38. The topological polar surface area (TPSA) is 47.3 Å². The molecule has 0 amide bonds. The lowest BCUT2D eigenvalue weighted by molar-refractivity contribution is -0.129. The second-order valence-electron chi connectivity index (χ2n) is 2.27. The van der Waals surface area contributed by atoms with Crippen LogP contribution in [0.3, 0.4) is 0 Å². The molecule has 3 heteroatoms. The Balaban J connectivity index is 2.64. The molecule has 1 heterocycles. The molecule has 0 aliphatic rings. The highest BCUT2D eigenvalue weighted by Gasteiger charge is 2.04. The van der Waals surface area contributed by atoms with E-state index in [0.29, 0.717) is 12.0 Å². The van der Waals surface area contributed by atoms with Crippen molar-refractivity contribution in [2.45, 2.75) is 13.3 Å². The van der Waals surface area contributed by atoms with Crippen LogP contribution in [0.5, 0.6) is 0 Å². The minimum absolute atomic E-state index is 0.0668. The minimum Gasteiger partial charge on any atom is -0.466 e. The van der Waals surface area contributed by atoms with E-state index in [0.717, 1.165) is 5.76 Å². The number of aldehydes is 1. The molecule has 0 fully saturated rings. The van der Waals surface area contributed by atoms with Crippen LogP contribution in [0.25, 0.3) is 0 Å². The number of rotatable bonds is 3. The summed E-state index contributed by atoms with van der Waals surface area (Å²) in [6.07, 6.45) is 0.370. The van der Waals surface area contributed by atoms with Gasteiger partial charge in [0.1, 0.15) is 11.5 Å². The Morgan fingerprint density at radius 2 is 2.36 bits per heavy atom. The van der Waals surface area contributed by atoms with Crippen molar-refractivity contribution in [1.82, 2.24) is 0 Å². The van der Waals surface area contributed by atoms with Gasteiger partial charge in [-0.05, 0) is 19.1 Å². The lowest BCUT2D eigenvalue weighted by Gasteiger charge is -1.87. The first-order chi connectivity index (χ1) is 5.22. The average molecular weight is 152 g/mol. The summed E-state index contributed by atoms with van der Waals surface area (Å²) in [5, 5.41) is 0. The van der Waals surface area contributed by atoms with Crippen LogP contribution >= 0.6 is 0 Å². The van der Waals surface area contributed by atoms with Gasteiger partial charge in [-0.2, -0.15) is 0 Å². The number of carbonyl (C=O) groups excluding carboxylic acids is 2. The molecule has 1 aromatic rings. The molecule has 0 aliphatic heterocycles. The smallest absolute Gasteiger partial charge is 0.202 e. The zero-order valence-electron chi connectivity index (χ0n) is 6.16. The maximum absolute atomic E-state index is 10.6. The van der Waals surface area contributed by atoms with Crippen LogP contribution in [0.4, 0.5) is 0 Å². The van der Waals surface area contributed by atoms with Gasteiger partial charge in [0.2, 0.25) is 5.78 Å². The van der Waals surface area contributed by atoms with E-state index in [2.05, 4.69) is 0 Å². The Kier molecular flexibility index (Phi) is 2.21. The molecule has 0 bridgehead atoms. The van der Waals surface area contributed by atoms with Gasteiger partial charge in [0, 0.05) is 0 Å². The summed E-state index contributed by atoms with van der Waals surface area (Å²) in [5.74, 6) is 0.831. The molecule has 0 aromatic carbocycles. The molecule has 0 unspecified atom stereocenters. The van der Waals surface area contributed by atoms with E-state index in [-0.39, 0.29) is 6.42 Å². The van der Waals surface area contributed by atoms with Crippen molar-refractivity contribution in [1.29, 1.82) is 0 Å². The molecule has 1 rings (SSSR count). The average Bonchev–Trinajstić information content (AvgIpc) is 2.35. The maximum Gasteiger partial charge on any atom is 0.202 e. The Bertz CT molecular complexity index is 273. The van der Waals surface area contributed by atoms with E-state index in [1.54, 1.807) is 19.1 Å². The van der Waals surface area contributed by atoms with Crippen molar-refractivity contribution < 1.29 is 14.0 Å². The van der Waals surface area contributed by atoms with E-state index in [9.17, 15) is 9.59 Å². The van der Waals surface area contributed by atoms with Gasteiger partial charge in [-0.3, -0.25) is 9.59 Å². The summed E-state index contributed by atoms with van der Waals surface area (Å²) in [7, 11) is 0. The summed E-state index contributed by atoms with van der Waals surface area (Å²) in [6, 6.07) is 3.45. The highest BCUT2D eigenvalue weighted by atomic mass is 16.3. The largest absolute Gasteiger partial charge is 0.466 e. The lowest BCUT2D eigenvalue weighted by atomic mass is 10.2. The van der Waals surface area contributed by atoms with Crippen molar-refractivity contribution in [3.05, 3.63) is 23.7 Å². The van der Waals surface area contributed by atoms with Crippen molar-refractivity contribution in [2.24, 2.45) is 0 Å². The van der Waals surface area contributed by atoms with Gasteiger partial charge in [0.25, 0.3) is 0 Å². The van der Waals surface area contributed by atoms with Crippen LogP contribution in [0.15, 0.2) is 16.5 Å². The van der Waals surface area contributed by atoms with Crippen LogP contribution in [0.2, 0.25) is 0 Å². The zero-order chi connectivity index (χ0) is 8.27. The fraction of sp³-hybridized carbons (Fsp3) is 0.250. The van der Waals surface area contributed by atoms with Crippen LogP contribution in [0.1, 0.15) is 11.5 Å². The predicted molar refractivity (Wildman–Crippen MR) is 38.2 cm³/mol. The number of furan rings is 1. The van der Waals surface area contributed by atoms with E-state index < -0.39 is 5.78 Å². The Labute approximate surface area is 64.0 Å². The second-order valence-corrected chi connectivity index (χ2v) is 2.27. The van der Waals surface area contributed by atoms with Crippen LogP contribution in [-0.2, 0) is 16.0 Å². The highest BCUT2D eigenvalue weighted by molar-refractivity contribution is 6.25. The summed E-state index contributed by atoms with van der Waals surface area (Å²) in [5.41, 5.74) is 0. The molecule has 0 radical (unpaired) electrons. The van der Waals surface area contributed by atoms with Crippen molar-refractivity contribution in [3.63, 3.8) is 0 Å². The third-order valence-corrected chi connectivity index (χ3v) is 1.28. The highest BCUT2D eigenvalue weighted by Crippen LogP contribution is 2.06. The van der Waals surface area contributed by atoms with Gasteiger partial charge >= 0.3 is 0 Å². The van der Waals surface area contributed by atoms with Crippen LogP contribution in [-0.4, -0.2) is 12.1 Å². The van der Waals surface area contributed by atoms with Gasteiger partial charge in [-0.25, -0.2) is 0 Å². The van der Waals surface area contributed by atoms with E-state index in [1.807, 2.05) is 0 Å². The molecule has 0 saturated carbocycles. The number of Topliss-reactive ketones (excluding diaryl/α,β-unsaturated/α-hetero) is 1. The minimum atomic E-state index is -0.459. The molecule has 0 aliphatic carbocycles. The fourth-order valence-corrected chi connectivity index (χ4v) is 0.794. The molecular formula is C8H8O3. The first-order valence-corrected chi connectivity index (χ1v) is 3.25. The summed E-state index contributed by atoms with van der Waals surface area (Å²) in [6.45, 7) is 1.79. The van der Waals surface area contributed by atoms with Crippen molar-refractivity contribution in [2.75, 3.05) is 0 Å². The van der Waals surface area contributed by atoms with Gasteiger partial charge in [0.15, 0.2) is 6.29 Å². The summed E-state index contributed by atoms with van der Waals surface area (Å²) in [4.78, 5) is 20.5. The number of hydrogen-bond donors (Lipinski definition) is 0. The van der Waals surface area contributed by atoms with E-state index >= 15 is 0 Å². The van der Waals surface area contributed by atoms with E-state index in [1.165, 1.54) is 0 Å². The van der Waals surface area contributed by atoms with Crippen LogP contribution in [0, 0.1) is 6.92 Å². The number of hydrogen-bond acceptors (Lipinski definition) is 3. The quantitative estimate of drug-likeness (QED) is 0.477. The Morgan fingerprint density at radius 3 is 2.82 bits per heavy atom. The van der Waals surface area contributed by atoms with Gasteiger partial charge in [-0.15, -0.1) is 0 Å². The molecule has 3 nitrogen and oxygen atoms in total.